The first-order chi connectivity index (χ1) is 13.0. The van der Waals surface area contributed by atoms with Crippen molar-refractivity contribution in [3.63, 3.8) is 0 Å². The Morgan fingerprint density at radius 1 is 1.04 bits per heavy atom. The highest BCUT2D eigenvalue weighted by atomic mass is 16.5. The van der Waals surface area contributed by atoms with Crippen molar-refractivity contribution in [2.24, 2.45) is 5.10 Å². The van der Waals surface area contributed by atoms with Gasteiger partial charge in [-0.2, -0.15) is 5.10 Å². The van der Waals surface area contributed by atoms with Crippen LogP contribution in [0.2, 0.25) is 0 Å². The lowest BCUT2D eigenvalue weighted by Crippen LogP contribution is -2.32. The molecule has 0 spiro atoms. The summed E-state index contributed by atoms with van der Waals surface area (Å²) < 4.78 is 4.94. The number of carboxylic acids is 1. The summed E-state index contributed by atoms with van der Waals surface area (Å²) in [6.07, 6.45) is 2.22. The van der Waals surface area contributed by atoms with Gasteiger partial charge in [0, 0.05) is 5.69 Å². The van der Waals surface area contributed by atoms with Crippen molar-refractivity contribution in [2.75, 3.05) is 11.9 Å². The van der Waals surface area contributed by atoms with E-state index in [1.807, 2.05) is 19.1 Å². The Morgan fingerprint density at radius 2 is 1.70 bits per heavy atom. The first kappa shape index (κ1) is 19.6. The standard InChI is InChI=1S/C19H19N3O5/c1-2-13-3-7-15(8-4-13)21-18(25)19(26)22-20-11-14-5-9-16(10-6-14)27-12-17(23)24/h3-11H,2,12H2,1H3,(H,21,25)(H,22,26)(H,23,24)/p-1/b20-11-. The Kier molecular flexibility index (Phi) is 7.07. The van der Waals surface area contributed by atoms with Gasteiger partial charge in [0.15, 0.2) is 0 Å². The number of hydrogen-bond donors (Lipinski definition) is 2. The van der Waals surface area contributed by atoms with Gasteiger partial charge in [-0.05, 0) is 53.9 Å². The molecule has 0 fully saturated rings. The molecule has 8 nitrogen and oxygen atoms in total. The first-order valence-corrected chi connectivity index (χ1v) is 8.14. The van der Waals surface area contributed by atoms with Gasteiger partial charge in [-0.25, -0.2) is 5.43 Å². The van der Waals surface area contributed by atoms with Crippen LogP contribution in [0.4, 0.5) is 5.69 Å². The predicted octanol–water partition coefficient (Wildman–Crippen LogP) is 0.467. The number of rotatable bonds is 7. The maximum Gasteiger partial charge on any atom is 0.329 e. The summed E-state index contributed by atoms with van der Waals surface area (Å²) >= 11 is 0. The Morgan fingerprint density at radius 3 is 2.30 bits per heavy atom. The van der Waals surface area contributed by atoms with Crippen molar-refractivity contribution in [1.29, 1.82) is 0 Å². The van der Waals surface area contributed by atoms with Crippen LogP contribution in [-0.4, -0.2) is 30.6 Å². The van der Waals surface area contributed by atoms with E-state index in [1.165, 1.54) is 6.21 Å². The van der Waals surface area contributed by atoms with Gasteiger partial charge in [0.1, 0.15) is 12.4 Å². The minimum atomic E-state index is -1.32. The van der Waals surface area contributed by atoms with Gasteiger partial charge in [0.25, 0.3) is 0 Å². The minimum absolute atomic E-state index is 0.355. The number of carboxylic acid groups (broad SMARTS) is 1. The van der Waals surface area contributed by atoms with Crippen LogP contribution in [0.1, 0.15) is 18.1 Å². The van der Waals surface area contributed by atoms with Gasteiger partial charge in [0.2, 0.25) is 0 Å². The first-order valence-electron chi connectivity index (χ1n) is 8.14. The smallest absolute Gasteiger partial charge is 0.329 e. The van der Waals surface area contributed by atoms with Gasteiger partial charge in [-0.15, -0.1) is 0 Å². The van der Waals surface area contributed by atoms with E-state index in [0.29, 0.717) is 17.0 Å². The number of hydrogen-bond acceptors (Lipinski definition) is 6. The van der Waals surface area contributed by atoms with Gasteiger partial charge in [0.05, 0.1) is 12.2 Å². The third-order valence-electron chi connectivity index (χ3n) is 3.44. The second-order valence-electron chi connectivity index (χ2n) is 5.43. The van der Waals surface area contributed by atoms with Crippen molar-refractivity contribution >= 4 is 29.7 Å². The molecule has 0 unspecified atom stereocenters. The van der Waals surface area contributed by atoms with Crippen molar-refractivity contribution in [3.05, 3.63) is 59.7 Å². The zero-order chi connectivity index (χ0) is 19.6. The lowest BCUT2D eigenvalue weighted by molar-refractivity contribution is -0.307. The summed E-state index contributed by atoms with van der Waals surface area (Å²) in [5.74, 6) is -2.70. The lowest BCUT2D eigenvalue weighted by Gasteiger charge is -2.06. The summed E-state index contributed by atoms with van der Waals surface area (Å²) in [5.41, 5.74) is 4.39. The molecule has 0 bridgehead atoms. The normalized spacial score (nSPS) is 10.4. The van der Waals surface area contributed by atoms with E-state index in [0.717, 1.165) is 12.0 Å². The summed E-state index contributed by atoms with van der Waals surface area (Å²) in [6.45, 7) is 1.48. The number of carbonyl (C=O) groups is 3. The van der Waals surface area contributed by atoms with E-state index >= 15 is 0 Å². The van der Waals surface area contributed by atoms with Crippen LogP contribution in [0.25, 0.3) is 0 Å². The molecule has 0 aliphatic carbocycles. The topological polar surface area (TPSA) is 120 Å². The average molecular weight is 368 g/mol. The maximum atomic E-state index is 11.8. The molecule has 2 rings (SSSR count). The third kappa shape index (κ3) is 6.62. The monoisotopic (exact) mass is 368 g/mol. The van der Waals surface area contributed by atoms with E-state index in [-0.39, 0.29) is 0 Å². The fourth-order valence-corrected chi connectivity index (χ4v) is 2.02. The Bertz CT molecular complexity index is 829. The van der Waals surface area contributed by atoms with Crippen LogP contribution in [0.3, 0.4) is 0 Å². The Balaban J connectivity index is 1.82. The number of benzene rings is 2. The van der Waals surface area contributed by atoms with Crippen LogP contribution in [0.5, 0.6) is 5.75 Å². The molecule has 2 amide bonds. The number of carbonyl (C=O) groups excluding carboxylic acids is 3. The van der Waals surface area contributed by atoms with Crippen molar-refractivity contribution in [3.8, 4) is 5.75 Å². The van der Waals surface area contributed by atoms with Gasteiger partial charge >= 0.3 is 11.8 Å². The molecule has 8 heteroatoms. The fraction of sp³-hybridized carbons (Fsp3) is 0.158. The molecule has 0 aliphatic rings. The number of amides is 2. The number of anilines is 1. The second kappa shape index (κ2) is 9.71. The lowest BCUT2D eigenvalue weighted by atomic mass is 10.1. The van der Waals surface area contributed by atoms with Crippen molar-refractivity contribution < 1.29 is 24.2 Å². The number of aliphatic carboxylic acids is 1. The molecule has 0 aliphatic heterocycles. The molecular weight excluding hydrogens is 350 g/mol. The van der Waals surface area contributed by atoms with E-state index in [9.17, 15) is 19.5 Å². The summed E-state index contributed by atoms with van der Waals surface area (Å²) in [4.78, 5) is 33.9. The highest BCUT2D eigenvalue weighted by Gasteiger charge is 2.12. The Hall–Kier alpha value is -3.68. The molecule has 0 radical (unpaired) electrons. The van der Waals surface area contributed by atoms with Crippen LogP contribution < -0.4 is 20.6 Å². The van der Waals surface area contributed by atoms with Gasteiger partial charge < -0.3 is 20.0 Å². The van der Waals surface area contributed by atoms with E-state index in [4.69, 9.17) is 4.74 Å². The largest absolute Gasteiger partial charge is 0.546 e. The zero-order valence-electron chi connectivity index (χ0n) is 14.6. The average Bonchev–Trinajstić information content (AvgIpc) is 2.67. The van der Waals surface area contributed by atoms with Gasteiger partial charge in [-0.3, -0.25) is 9.59 Å². The molecule has 0 heterocycles. The van der Waals surface area contributed by atoms with Crippen LogP contribution in [0, 0.1) is 0 Å². The molecule has 0 aromatic heterocycles. The Labute approximate surface area is 155 Å². The third-order valence-corrected chi connectivity index (χ3v) is 3.44. The number of ether oxygens (including phenoxy) is 1. The van der Waals surface area contributed by atoms with Crippen LogP contribution in [0.15, 0.2) is 53.6 Å². The highest BCUT2D eigenvalue weighted by molar-refractivity contribution is 6.39. The van der Waals surface area contributed by atoms with Crippen molar-refractivity contribution in [2.45, 2.75) is 13.3 Å². The SMILES string of the molecule is CCc1ccc(NC(=O)C(=O)N/N=C\c2ccc(OCC(=O)[O-])cc2)cc1. The van der Waals surface area contributed by atoms with Gasteiger partial charge in [-0.1, -0.05) is 19.1 Å². The molecular formula is C19H18N3O5-. The summed E-state index contributed by atoms with van der Waals surface area (Å²) in [7, 11) is 0. The quantitative estimate of drug-likeness (QED) is 0.418. The van der Waals surface area contributed by atoms with Crippen molar-refractivity contribution in [1.82, 2.24) is 5.43 Å². The molecule has 0 saturated carbocycles. The van der Waals surface area contributed by atoms with E-state index in [2.05, 4.69) is 15.8 Å². The number of nitrogens with zero attached hydrogens (tertiary/aromatic N) is 1. The highest BCUT2D eigenvalue weighted by Crippen LogP contribution is 2.11. The minimum Gasteiger partial charge on any atom is -0.546 e. The van der Waals surface area contributed by atoms with Crippen LogP contribution in [-0.2, 0) is 20.8 Å². The summed E-state index contributed by atoms with van der Waals surface area (Å²) in [6, 6.07) is 13.5. The molecule has 2 aromatic carbocycles. The number of aryl methyl sites for hydroxylation is 1. The fourth-order valence-electron chi connectivity index (χ4n) is 2.02. The number of hydrazone groups is 1. The second-order valence-corrected chi connectivity index (χ2v) is 5.43. The molecule has 0 atom stereocenters. The predicted molar refractivity (Wildman–Crippen MR) is 97.1 cm³/mol. The zero-order valence-corrected chi connectivity index (χ0v) is 14.6. The van der Waals surface area contributed by atoms with Crippen LogP contribution >= 0.6 is 0 Å². The maximum absolute atomic E-state index is 11.8. The summed E-state index contributed by atoms with van der Waals surface area (Å²) in [5, 5.41) is 16.5. The molecule has 2 aromatic rings. The molecule has 27 heavy (non-hydrogen) atoms. The van der Waals surface area contributed by atoms with E-state index < -0.39 is 24.4 Å². The molecule has 0 saturated heterocycles. The van der Waals surface area contributed by atoms with E-state index in [1.54, 1.807) is 36.4 Å². The molecule has 2 N–H and O–H groups in total. The molecule has 140 valence electrons. The number of nitrogens with one attached hydrogen (secondary N) is 2.